The Morgan fingerprint density at radius 1 is 1.20 bits per heavy atom. The maximum atomic E-state index is 12.4. The molecule has 1 atom stereocenters. The lowest BCUT2D eigenvalue weighted by Gasteiger charge is -2.37. The zero-order valence-electron chi connectivity index (χ0n) is 26.4. The van der Waals surface area contributed by atoms with Gasteiger partial charge in [0, 0.05) is 50.7 Å². The number of aliphatic hydroxyl groups is 1. The Morgan fingerprint density at radius 2 is 1.91 bits per heavy atom. The molecule has 2 aliphatic rings. The molecule has 14 heteroatoms. The van der Waals surface area contributed by atoms with Gasteiger partial charge in [0.15, 0.2) is 5.65 Å². The third kappa shape index (κ3) is 7.32. The molecule has 4 heterocycles. The topological polar surface area (TPSA) is 137 Å². The molecule has 2 aromatic heterocycles. The van der Waals surface area contributed by atoms with E-state index in [1.165, 1.54) is 6.08 Å². The quantitative estimate of drug-likeness (QED) is 0.272. The lowest BCUT2D eigenvalue weighted by molar-refractivity contribution is -0.111. The first-order valence-electron chi connectivity index (χ1n) is 14.8. The predicted octanol–water partition coefficient (Wildman–Crippen LogP) is 3.17. The van der Waals surface area contributed by atoms with Gasteiger partial charge in [0.2, 0.25) is 17.7 Å². The van der Waals surface area contributed by atoms with Crippen LogP contribution in [0.2, 0.25) is 0 Å². The van der Waals surface area contributed by atoms with E-state index in [1.54, 1.807) is 40.6 Å². The highest BCUT2D eigenvalue weighted by Crippen LogP contribution is 2.40. The molecule has 0 aliphatic carbocycles. The van der Waals surface area contributed by atoms with Crippen LogP contribution in [0.5, 0.6) is 11.6 Å². The highest BCUT2D eigenvalue weighted by molar-refractivity contribution is 7.81. The van der Waals surface area contributed by atoms with E-state index < -0.39 is 11.0 Å². The molecule has 1 aromatic carbocycles. The van der Waals surface area contributed by atoms with Crippen LogP contribution in [-0.2, 0) is 22.5 Å². The van der Waals surface area contributed by atoms with E-state index in [0.29, 0.717) is 53.2 Å². The molecule has 0 saturated carbocycles. The van der Waals surface area contributed by atoms with Gasteiger partial charge in [0.25, 0.3) is 0 Å². The summed E-state index contributed by atoms with van der Waals surface area (Å²) in [5, 5.41) is 16.7. The van der Waals surface area contributed by atoms with E-state index in [0.717, 1.165) is 31.6 Å². The van der Waals surface area contributed by atoms with Crippen molar-refractivity contribution in [1.29, 1.82) is 0 Å². The van der Waals surface area contributed by atoms with Gasteiger partial charge in [-0.3, -0.25) is 4.79 Å². The molecule has 1 amide bonds. The Bertz CT molecular complexity index is 1480. The maximum Gasteiger partial charge on any atom is 0.247 e. The van der Waals surface area contributed by atoms with Gasteiger partial charge in [-0.15, -0.1) is 0 Å². The van der Waals surface area contributed by atoms with Gasteiger partial charge in [-0.25, -0.2) is 8.51 Å². The molecule has 1 unspecified atom stereocenters. The molecule has 2 fully saturated rings. The molecule has 0 radical (unpaired) electrons. The van der Waals surface area contributed by atoms with Crippen molar-refractivity contribution < 1.29 is 23.6 Å². The smallest absolute Gasteiger partial charge is 0.247 e. The molecule has 13 nitrogen and oxygen atoms in total. The summed E-state index contributed by atoms with van der Waals surface area (Å²) in [6.07, 6.45) is 6.40. The summed E-state index contributed by atoms with van der Waals surface area (Å²) in [5.41, 5.74) is 2.47. The van der Waals surface area contributed by atoms with E-state index >= 15 is 0 Å². The minimum Gasteiger partial charge on any atom is -0.494 e. The van der Waals surface area contributed by atoms with Gasteiger partial charge in [-0.1, -0.05) is 20.4 Å². The standard InChI is InChI=1S/C28H38N8O5S.C2H6/c1-6-25(38)29-21-13-22(24(40-4)14-23(21)34-10-7-18(8-11-34)33(2)3)30-28-31-26-20(9-12-35(26)17-37)27(32-28)41-19-15-36(16-19)42(5)39;1-2/h6,9,12-14,18-19,37H,1,7-8,10-11,15-17H2,2-5H3,(H,29,38)(H,30,31,32);1-2H3. The number of aliphatic hydroxyl groups excluding tert-OH is 1. The Morgan fingerprint density at radius 3 is 2.50 bits per heavy atom. The highest BCUT2D eigenvalue weighted by atomic mass is 32.2. The van der Waals surface area contributed by atoms with Crippen molar-refractivity contribution in [1.82, 2.24) is 23.7 Å². The average molecular weight is 629 g/mol. The van der Waals surface area contributed by atoms with Gasteiger partial charge in [-0.05, 0) is 45.1 Å². The van der Waals surface area contributed by atoms with Gasteiger partial charge < -0.3 is 39.6 Å². The number of nitrogens with one attached hydrogen (secondary N) is 2. The van der Waals surface area contributed by atoms with Gasteiger partial charge in [0.1, 0.15) is 18.6 Å². The van der Waals surface area contributed by atoms with E-state index in [4.69, 9.17) is 9.47 Å². The highest BCUT2D eigenvalue weighted by Gasteiger charge is 2.32. The number of amides is 1. The second-order valence-electron chi connectivity index (χ2n) is 10.6. The fourth-order valence-corrected chi connectivity index (χ4v) is 6.02. The van der Waals surface area contributed by atoms with Gasteiger partial charge in [0.05, 0.1) is 40.5 Å². The largest absolute Gasteiger partial charge is 0.494 e. The summed E-state index contributed by atoms with van der Waals surface area (Å²) in [7, 11) is 4.72. The van der Waals surface area contributed by atoms with Crippen LogP contribution in [0.3, 0.4) is 0 Å². The van der Waals surface area contributed by atoms with Crippen LogP contribution < -0.4 is 25.0 Å². The van der Waals surface area contributed by atoms with Crippen LogP contribution in [0, 0.1) is 0 Å². The molecule has 240 valence electrons. The van der Waals surface area contributed by atoms with Crippen LogP contribution in [0.25, 0.3) is 11.0 Å². The molecule has 3 aromatic rings. The number of carbonyl (C=O) groups excluding carboxylic acids is 1. The van der Waals surface area contributed by atoms with E-state index in [9.17, 15) is 14.1 Å². The summed E-state index contributed by atoms with van der Waals surface area (Å²) in [5.74, 6) is 0.785. The number of hydrogen-bond acceptors (Lipinski definition) is 10. The summed E-state index contributed by atoms with van der Waals surface area (Å²) in [6, 6.07) is 5.99. The second-order valence-corrected chi connectivity index (χ2v) is 12.0. The number of rotatable bonds is 11. The van der Waals surface area contributed by atoms with Crippen molar-refractivity contribution >= 4 is 50.9 Å². The molecular weight excluding hydrogens is 584 g/mol. The average Bonchev–Trinajstić information content (AvgIpc) is 3.42. The minimum atomic E-state index is -1.06. The number of methoxy groups -OCH3 is 1. The number of nitrogens with zero attached hydrogens (tertiary/aromatic N) is 6. The lowest BCUT2D eigenvalue weighted by atomic mass is 10.0. The fourth-order valence-electron chi connectivity index (χ4n) is 5.27. The predicted molar refractivity (Wildman–Crippen MR) is 175 cm³/mol. The maximum absolute atomic E-state index is 12.4. The van der Waals surface area contributed by atoms with Crippen molar-refractivity contribution in [3.8, 4) is 11.6 Å². The first-order chi connectivity index (χ1) is 21.2. The van der Waals surface area contributed by atoms with Crippen molar-refractivity contribution in [3.05, 3.63) is 37.1 Å². The number of benzene rings is 1. The molecule has 5 rings (SSSR count). The molecule has 2 aliphatic heterocycles. The molecule has 3 N–H and O–H groups in total. The van der Waals surface area contributed by atoms with E-state index in [2.05, 4.69) is 51.1 Å². The SMILES string of the molecule is C=CC(=O)Nc1cc(Nc2nc(OC3CN(S(C)=O)C3)c3ccn(CO)c3n2)c(OC)cc1N1CCC(N(C)C)CC1.CC. The van der Waals surface area contributed by atoms with Gasteiger partial charge >= 0.3 is 0 Å². The second kappa shape index (κ2) is 14.8. The number of anilines is 4. The van der Waals surface area contributed by atoms with Crippen molar-refractivity contribution in [2.24, 2.45) is 0 Å². The Balaban J connectivity index is 0.00000216. The molecule has 44 heavy (non-hydrogen) atoms. The van der Waals surface area contributed by atoms with Crippen LogP contribution in [0.1, 0.15) is 26.7 Å². The van der Waals surface area contributed by atoms with Crippen LogP contribution in [0.15, 0.2) is 37.1 Å². The normalized spacial score (nSPS) is 16.6. The van der Waals surface area contributed by atoms with Gasteiger partial charge in [-0.2, -0.15) is 9.97 Å². The third-order valence-corrected chi connectivity index (χ3v) is 8.76. The van der Waals surface area contributed by atoms with E-state index in [1.807, 2.05) is 19.9 Å². The first kappa shape index (κ1) is 33.2. The fraction of sp³-hybridized carbons (Fsp3) is 0.500. The van der Waals surface area contributed by atoms with Crippen LogP contribution in [-0.4, -0.2) is 105 Å². The van der Waals surface area contributed by atoms with Crippen molar-refractivity contribution in [3.63, 3.8) is 0 Å². The number of hydrogen-bond donors (Lipinski definition) is 3. The number of aromatic nitrogens is 3. The molecular formula is C30H44N8O5S. The summed E-state index contributed by atoms with van der Waals surface area (Å²) in [6.45, 7) is 10.0. The monoisotopic (exact) mass is 628 g/mol. The number of piperidine rings is 1. The summed E-state index contributed by atoms with van der Waals surface area (Å²) < 4.78 is 27.1. The first-order valence-corrected chi connectivity index (χ1v) is 16.3. The lowest BCUT2D eigenvalue weighted by Crippen LogP contribution is -2.54. The van der Waals surface area contributed by atoms with Crippen molar-refractivity contribution in [2.45, 2.75) is 45.6 Å². The third-order valence-electron chi connectivity index (χ3n) is 7.74. The zero-order valence-corrected chi connectivity index (χ0v) is 27.2. The summed E-state index contributed by atoms with van der Waals surface area (Å²) >= 11 is 0. The molecule has 2 saturated heterocycles. The zero-order chi connectivity index (χ0) is 32.0. The van der Waals surface area contributed by atoms with Crippen LogP contribution in [0.4, 0.5) is 23.0 Å². The Kier molecular flexibility index (Phi) is 11.2. The Hall–Kier alpha value is -3.72. The molecule has 0 spiro atoms. The Labute approximate surface area is 261 Å². The van der Waals surface area contributed by atoms with E-state index in [-0.39, 0.29) is 24.7 Å². The number of fused-ring (bicyclic) bond motifs is 1. The number of ether oxygens (including phenoxy) is 2. The van der Waals surface area contributed by atoms with Crippen molar-refractivity contribution in [2.75, 3.05) is 69.2 Å². The summed E-state index contributed by atoms with van der Waals surface area (Å²) in [4.78, 5) is 26.2. The molecule has 0 bridgehead atoms. The minimum absolute atomic E-state index is 0.177. The van der Waals surface area contributed by atoms with Crippen LogP contribution >= 0.6 is 0 Å². The number of carbonyl (C=O) groups is 1.